The lowest BCUT2D eigenvalue weighted by atomic mass is 9.87. The van der Waals surface area contributed by atoms with Gasteiger partial charge >= 0.3 is 0 Å². The summed E-state index contributed by atoms with van der Waals surface area (Å²) in [4.78, 5) is 0. The van der Waals surface area contributed by atoms with E-state index in [2.05, 4.69) is 26.8 Å². The lowest BCUT2D eigenvalue weighted by Gasteiger charge is -2.23. The van der Waals surface area contributed by atoms with Gasteiger partial charge in [-0.15, -0.1) is 0 Å². The second kappa shape index (κ2) is 5.41. The van der Waals surface area contributed by atoms with Crippen LogP contribution in [0, 0.1) is 0 Å². The van der Waals surface area contributed by atoms with E-state index in [-0.39, 0.29) is 17.6 Å². The number of aliphatic hydroxyl groups excluding tert-OH is 1. The average molecular weight is 264 g/mol. The molecule has 0 aliphatic heterocycles. The summed E-state index contributed by atoms with van der Waals surface area (Å²) in [6, 6.07) is 6.04. The fourth-order valence-corrected chi connectivity index (χ4v) is 2.44. The zero-order valence-electron chi connectivity index (χ0n) is 12.3. The second-order valence-electron chi connectivity index (χ2n) is 6.27. The maximum Gasteiger partial charge on any atom is 0.161 e. The highest BCUT2D eigenvalue weighted by atomic mass is 16.5. The third-order valence-corrected chi connectivity index (χ3v) is 3.73. The van der Waals surface area contributed by atoms with Crippen molar-refractivity contribution in [3.8, 4) is 11.5 Å². The Morgan fingerprint density at radius 1 is 1.16 bits per heavy atom. The molecule has 2 rings (SSSR count). The molecule has 1 aliphatic rings. The summed E-state index contributed by atoms with van der Waals surface area (Å²) in [5, 5.41) is 9.83. The van der Waals surface area contributed by atoms with Crippen molar-refractivity contribution in [3.05, 3.63) is 23.8 Å². The molecule has 1 aromatic rings. The van der Waals surface area contributed by atoms with Crippen LogP contribution >= 0.6 is 0 Å². The van der Waals surface area contributed by atoms with Gasteiger partial charge in [-0.05, 0) is 42.4 Å². The molecule has 0 aromatic heterocycles. The van der Waals surface area contributed by atoms with Gasteiger partial charge in [0.25, 0.3) is 0 Å². The van der Waals surface area contributed by atoms with Crippen LogP contribution in [-0.4, -0.2) is 24.4 Å². The van der Waals surface area contributed by atoms with Gasteiger partial charge < -0.3 is 14.6 Å². The van der Waals surface area contributed by atoms with E-state index < -0.39 is 0 Å². The molecule has 1 aromatic carbocycles. The molecule has 0 saturated heterocycles. The topological polar surface area (TPSA) is 38.7 Å². The first kappa shape index (κ1) is 14.2. The molecule has 106 valence electrons. The standard InChI is InChI=1S/C16H24O3/c1-16(2,3)11-8-9-14(15(10-11)18-4)19-13-7-5-6-12(13)17/h8-10,12-13,17H,5-7H2,1-4H3. The molecule has 0 bridgehead atoms. The number of ether oxygens (including phenoxy) is 2. The average Bonchev–Trinajstić information content (AvgIpc) is 2.74. The van der Waals surface area contributed by atoms with Crippen LogP contribution in [-0.2, 0) is 5.41 Å². The van der Waals surface area contributed by atoms with Gasteiger partial charge in [0.05, 0.1) is 13.2 Å². The highest BCUT2D eigenvalue weighted by Crippen LogP contribution is 2.35. The van der Waals surface area contributed by atoms with Gasteiger partial charge in [-0.3, -0.25) is 0 Å². The van der Waals surface area contributed by atoms with Gasteiger partial charge in [0.15, 0.2) is 11.5 Å². The van der Waals surface area contributed by atoms with Crippen molar-refractivity contribution in [3.63, 3.8) is 0 Å². The smallest absolute Gasteiger partial charge is 0.161 e. The minimum atomic E-state index is -0.355. The third kappa shape index (κ3) is 3.21. The van der Waals surface area contributed by atoms with E-state index in [1.54, 1.807) is 7.11 Å². The van der Waals surface area contributed by atoms with E-state index in [0.29, 0.717) is 0 Å². The van der Waals surface area contributed by atoms with Crippen LogP contribution in [0.2, 0.25) is 0 Å². The first-order valence-corrected chi connectivity index (χ1v) is 6.95. The Morgan fingerprint density at radius 2 is 1.89 bits per heavy atom. The number of hydrogen-bond acceptors (Lipinski definition) is 3. The van der Waals surface area contributed by atoms with Gasteiger partial charge in [0.1, 0.15) is 6.10 Å². The lowest BCUT2D eigenvalue weighted by Crippen LogP contribution is -2.25. The number of rotatable bonds is 3. The summed E-state index contributed by atoms with van der Waals surface area (Å²) in [5.41, 5.74) is 1.29. The normalized spacial score (nSPS) is 23.4. The third-order valence-electron chi connectivity index (χ3n) is 3.73. The molecule has 3 heteroatoms. The van der Waals surface area contributed by atoms with Crippen molar-refractivity contribution in [1.82, 2.24) is 0 Å². The maximum atomic E-state index is 9.83. The van der Waals surface area contributed by atoms with Gasteiger partial charge in [-0.25, -0.2) is 0 Å². The quantitative estimate of drug-likeness (QED) is 0.910. The van der Waals surface area contributed by atoms with Crippen LogP contribution in [0.5, 0.6) is 11.5 Å². The van der Waals surface area contributed by atoms with Crippen LogP contribution in [0.3, 0.4) is 0 Å². The molecular weight excluding hydrogens is 240 g/mol. The van der Waals surface area contributed by atoms with Gasteiger partial charge in [0.2, 0.25) is 0 Å². The SMILES string of the molecule is COc1cc(C(C)(C)C)ccc1OC1CCCC1O. The van der Waals surface area contributed by atoms with E-state index >= 15 is 0 Å². The highest BCUT2D eigenvalue weighted by molar-refractivity contribution is 5.45. The Bertz CT molecular complexity index is 434. The number of hydrogen-bond donors (Lipinski definition) is 1. The number of methoxy groups -OCH3 is 1. The van der Waals surface area contributed by atoms with Crippen molar-refractivity contribution in [2.24, 2.45) is 0 Å². The van der Waals surface area contributed by atoms with E-state index in [4.69, 9.17) is 9.47 Å². The van der Waals surface area contributed by atoms with Crippen molar-refractivity contribution in [2.45, 2.75) is 57.7 Å². The maximum absolute atomic E-state index is 9.83. The fraction of sp³-hybridized carbons (Fsp3) is 0.625. The van der Waals surface area contributed by atoms with E-state index in [1.807, 2.05) is 12.1 Å². The molecule has 2 unspecified atom stereocenters. The van der Waals surface area contributed by atoms with Crippen LogP contribution in [0.25, 0.3) is 0 Å². The Kier molecular flexibility index (Phi) is 4.04. The Labute approximate surface area is 115 Å². The number of benzene rings is 1. The van der Waals surface area contributed by atoms with Crippen molar-refractivity contribution in [2.75, 3.05) is 7.11 Å². The van der Waals surface area contributed by atoms with Crippen LogP contribution < -0.4 is 9.47 Å². The summed E-state index contributed by atoms with van der Waals surface area (Å²) in [7, 11) is 1.65. The zero-order valence-corrected chi connectivity index (χ0v) is 12.3. The summed E-state index contributed by atoms with van der Waals surface area (Å²) in [5.74, 6) is 1.47. The van der Waals surface area contributed by atoms with Gasteiger partial charge in [0, 0.05) is 0 Å². The lowest BCUT2D eigenvalue weighted by molar-refractivity contribution is 0.0586. The van der Waals surface area contributed by atoms with Crippen LogP contribution in [0.4, 0.5) is 0 Å². The molecule has 0 spiro atoms. The predicted molar refractivity (Wildman–Crippen MR) is 76.0 cm³/mol. The van der Waals surface area contributed by atoms with E-state index in [9.17, 15) is 5.11 Å². The van der Waals surface area contributed by atoms with E-state index in [1.165, 1.54) is 5.56 Å². The molecule has 19 heavy (non-hydrogen) atoms. The molecule has 2 atom stereocenters. The molecule has 1 fully saturated rings. The van der Waals surface area contributed by atoms with Crippen molar-refractivity contribution < 1.29 is 14.6 Å². The second-order valence-corrected chi connectivity index (χ2v) is 6.27. The summed E-state index contributed by atoms with van der Waals surface area (Å²) < 4.78 is 11.3. The Balaban J connectivity index is 2.21. The first-order chi connectivity index (χ1) is 8.91. The monoisotopic (exact) mass is 264 g/mol. The number of aliphatic hydroxyl groups is 1. The first-order valence-electron chi connectivity index (χ1n) is 6.95. The molecule has 0 radical (unpaired) electrons. The molecule has 1 N–H and O–H groups in total. The Morgan fingerprint density at radius 3 is 2.42 bits per heavy atom. The summed E-state index contributed by atoms with van der Waals surface area (Å²) >= 11 is 0. The molecule has 3 nitrogen and oxygen atoms in total. The van der Waals surface area contributed by atoms with Crippen LogP contribution in [0.15, 0.2) is 18.2 Å². The van der Waals surface area contributed by atoms with Crippen molar-refractivity contribution in [1.29, 1.82) is 0 Å². The van der Waals surface area contributed by atoms with Gasteiger partial charge in [-0.1, -0.05) is 26.8 Å². The molecule has 1 aliphatic carbocycles. The molecule has 1 saturated carbocycles. The van der Waals surface area contributed by atoms with Crippen LogP contribution in [0.1, 0.15) is 45.6 Å². The Hall–Kier alpha value is -1.22. The highest BCUT2D eigenvalue weighted by Gasteiger charge is 2.28. The predicted octanol–water partition coefficient (Wildman–Crippen LogP) is 3.28. The largest absolute Gasteiger partial charge is 0.493 e. The summed E-state index contributed by atoms with van der Waals surface area (Å²) in [6.45, 7) is 6.51. The minimum Gasteiger partial charge on any atom is -0.493 e. The zero-order chi connectivity index (χ0) is 14.0. The van der Waals surface area contributed by atoms with Gasteiger partial charge in [-0.2, -0.15) is 0 Å². The van der Waals surface area contributed by atoms with E-state index in [0.717, 1.165) is 30.8 Å². The fourth-order valence-electron chi connectivity index (χ4n) is 2.44. The van der Waals surface area contributed by atoms with Crippen molar-refractivity contribution >= 4 is 0 Å². The minimum absolute atomic E-state index is 0.0820. The molecule has 0 heterocycles. The molecule has 0 amide bonds. The molecular formula is C16H24O3. The summed E-state index contributed by atoms with van der Waals surface area (Å²) in [6.07, 6.45) is 2.30.